The van der Waals surface area contributed by atoms with Crippen LogP contribution in [0.4, 0.5) is 0 Å². The van der Waals surface area contributed by atoms with Crippen LogP contribution in [0.1, 0.15) is 6.92 Å². The van der Waals surface area contributed by atoms with Crippen molar-refractivity contribution in [1.29, 1.82) is 0 Å². The van der Waals surface area contributed by atoms with Crippen LogP contribution in [0.3, 0.4) is 0 Å². The first-order chi connectivity index (χ1) is 5.16. The summed E-state index contributed by atoms with van der Waals surface area (Å²) in [6.07, 6.45) is 1.01. The van der Waals surface area contributed by atoms with Crippen molar-refractivity contribution in [2.75, 3.05) is 20.3 Å². The number of carbonyl (C=O) groups excluding carboxylic acids is 1. The van der Waals surface area contributed by atoms with Crippen LogP contribution in [0.15, 0.2) is 11.8 Å². The number of rotatable bonds is 4. The van der Waals surface area contributed by atoms with Crippen LogP contribution in [0.25, 0.3) is 0 Å². The van der Waals surface area contributed by atoms with Gasteiger partial charge in [0.05, 0.1) is 18.4 Å². The molecule has 0 aromatic carbocycles. The van der Waals surface area contributed by atoms with Gasteiger partial charge in [-0.15, -0.1) is 0 Å². The fourth-order valence-electron chi connectivity index (χ4n) is 0.438. The van der Waals surface area contributed by atoms with Crippen LogP contribution in [0.2, 0.25) is 0 Å². The quantitative estimate of drug-likeness (QED) is 0.250. The van der Waals surface area contributed by atoms with Gasteiger partial charge < -0.3 is 14.6 Å². The zero-order valence-corrected chi connectivity index (χ0v) is 7.91. The molecule has 0 aliphatic carbocycles. The van der Waals surface area contributed by atoms with Gasteiger partial charge in [-0.3, -0.25) is 0 Å². The Labute approximate surface area is 82.0 Å². The molecule has 0 aliphatic heterocycles. The Morgan fingerprint density at radius 1 is 1.50 bits per heavy atom. The number of esters is 1. The largest absolute Gasteiger partial charge is 0.512 e. The van der Waals surface area contributed by atoms with E-state index < -0.39 is 5.97 Å². The molecule has 1 N–H and O–H groups in total. The van der Waals surface area contributed by atoms with Crippen molar-refractivity contribution in [2.24, 2.45) is 0 Å². The molecule has 0 bridgehead atoms. The number of methoxy groups -OCH3 is 1. The second-order valence-electron chi connectivity index (χ2n) is 1.95. The molecule has 0 aliphatic rings. The molecule has 5 heteroatoms. The summed E-state index contributed by atoms with van der Waals surface area (Å²) in [4.78, 5) is 10.6. The Morgan fingerprint density at radius 3 is 2.50 bits per heavy atom. The summed E-state index contributed by atoms with van der Waals surface area (Å²) in [5.41, 5.74) is 0. The van der Waals surface area contributed by atoms with Gasteiger partial charge in [-0.05, 0) is 6.92 Å². The van der Waals surface area contributed by atoms with Crippen molar-refractivity contribution in [3.63, 3.8) is 0 Å². The van der Waals surface area contributed by atoms with E-state index in [1.165, 1.54) is 14.0 Å². The number of hydrogen-bond acceptors (Lipinski definition) is 4. The topological polar surface area (TPSA) is 55.8 Å². The standard InChI is InChI=1S/C7H12O4.Cu/c1-6(8)5-7(9)11-4-3-10-2;/h5,8H,3-4H2,1-2H3;/b6-5-;. The van der Waals surface area contributed by atoms with Crippen LogP contribution in [-0.2, 0) is 31.3 Å². The van der Waals surface area contributed by atoms with Gasteiger partial charge in [-0.25, -0.2) is 4.79 Å². The summed E-state index contributed by atoms with van der Waals surface area (Å²) in [5.74, 6) is -0.616. The number of aliphatic hydroxyl groups is 1. The van der Waals surface area contributed by atoms with Gasteiger partial charge in [-0.1, -0.05) is 0 Å². The second kappa shape index (κ2) is 8.58. The monoisotopic (exact) mass is 223 g/mol. The first-order valence-corrected chi connectivity index (χ1v) is 3.19. The van der Waals surface area contributed by atoms with E-state index in [0.29, 0.717) is 6.61 Å². The molecule has 12 heavy (non-hydrogen) atoms. The van der Waals surface area contributed by atoms with Crippen molar-refractivity contribution in [2.45, 2.75) is 6.92 Å². The second-order valence-corrected chi connectivity index (χ2v) is 1.95. The zero-order valence-electron chi connectivity index (χ0n) is 6.97. The molecule has 0 heterocycles. The summed E-state index contributed by atoms with van der Waals surface area (Å²) >= 11 is 0. The summed E-state index contributed by atoms with van der Waals surface area (Å²) in [5, 5.41) is 8.61. The molecule has 0 saturated heterocycles. The third-order valence-corrected chi connectivity index (χ3v) is 0.859. The predicted octanol–water partition coefficient (Wildman–Crippen LogP) is 0.635. The van der Waals surface area contributed by atoms with Gasteiger partial charge in [0, 0.05) is 24.2 Å². The van der Waals surface area contributed by atoms with E-state index in [9.17, 15) is 4.79 Å². The maximum atomic E-state index is 10.6. The Balaban J connectivity index is 0. The minimum Gasteiger partial charge on any atom is -0.512 e. The smallest absolute Gasteiger partial charge is 0.334 e. The Bertz CT molecular complexity index is 151. The molecule has 0 unspecified atom stereocenters. The number of hydrogen-bond donors (Lipinski definition) is 1. The predicted molar refractivity (Wildman–Crippen MR) is 39.2 cm³/mol. The maximum absolute atomic E-state index is 10.6. The van der Waals surface area contributed by atoms with E-state index in [-0.39, 0.29) is 29.4 Å². The number of allylic oxidation sites excluding steroid dienone is 1. The van der Waals surface area contributed by atoms with Crippen molar-refractivity contribution in [3.8, 4) is 0 Å². The molecule has 0 aromatic rings. The van der Waals surface area contributed by atoms with E-state index >= 15 is 0 Å². The molecule has 0 atom stereocenters. The van der Waals surface area contributed by atoms with Crippen molar-refractivity contribution in [3.05, 3.63) is 11.8 Å². The first-order valence-electron chi connectivity index (χ1n) is 3.19. The van der Waals surface area contributed by atoms with Crippen LogP contribution in [0, 0.1) is 0 Å². The number of ether oxygens (including phenoxy) is 2. The maximum Gasteiger partial charge on any atom is 0.334 e. The molecule has 0 amide bonds. The average Bonchev–Trinajstić information content (AvgIpc) is 1.86. The Kier molecular flexibility index (Phi) is 10.0. The average molecular weight is 224 g/mol. The zero-order chi connectivity index (χ0) is 8.69. The molecule has 0 rings (SSSR count). The number of aliphatic hydroxyl groups excluding tert-OH is 1. The molecular formula is C7H12CuO4. The molecule has 0 spiro atoms. The summed E-state index contributed by atoms with van der Waals surface area (Å²) in [7, 11) is 1.51. The van der Waals surface area contributed by atoms with Crippen molar-refractivity contribution >= 4 is 5.97 Å². The normalized spacial score (nSPS) is 10.3. The molecule has 1 radical (unpaired) electrons. The van der Waals surface area contributed by atoms with Crippen LogP contribution < -0.4 is 0 Å². The molecule has 75 valence electrons. The molecule has 4 nitrogen and oxygen atoms in total. The summed E-state index contributed by atoms with van der Waals surface area (Å²) < 4.78 is 9.23. The van der Waals surface area contributed by atoms with E-state index in [4.69, 9.17) is 5.11 Å². The van der Waals surface area contributed by atoms with Gasteiger partial charge in [-0.2, -0.15) is 0 Å². The van der Waals surface area contributed by atoms with E-state index in [1.54, 1.807) is 0 Å². The fourth-order valence-corrected chi connectivity index (χ4v) is 0.438. The molecular weight excluding hydrogens is 212 g/mol. The van der Waals surface area contributed by atoms with E-state index in [0.717, 1.165) is 6.08 Å². The fraction of sp³-hybridized carbons (Fsp3) is 0.571. The van der Waals surface area contributed by atoms with Gasteiger partial charge in [0.25, 0.3) is 0 Å². The minimum absolute atomic E-state index is 0. The third-order valence-electron chi connectivity index (χ3n) is 0.859. The van der Waals surface area contributed by atoms with Crippen LogP contribution in [0.5, 0.6) is 0 Å². The number of carbonyl (C=O) groups is 1. The molecule has 0 aromatic heterocycles. The van der Waals surface area contributed by atoms with Gasteiger partial charge in [0.2, 0.25) is 0 Å². The van der Waals surface area contributed by atoms with Crippen molar-refractivity contribution < 1.29 is 36.4 Å². The van der Waals surface area contributed by atoms with Gasteiger partial charge in [0.15, 0.2) is 0 Å². The van der Waals surface area contributed by atoms with Crippen molar-refractivity contribution in [1.82, 2.24) is 0 Å². The summed E-state index contributed by atoms with van der Waals surface area (Å²) in [6.45, 7) is 1.97. The first kappa shape index (κ1) is 14.0. The SMILES string of the molecule is COCCOC(=O)/C=C(/C)O.[Cu]. The Hall–Kier alpha value is -0.511. The van der Waals surface area contributed by atoms with E-state index in [2.05, 4.69) is 9.47 Å². The van der Waals surface area contributed by atoms with Gasteiger partial charge >= 0.3 is 5.97 Å². The van der Waals surface area contributed by atoms with E-state index in [1.807, 2.05) is 0 Å². The van der Waals surface area contributed by atoms with Crippen LogP contribution in [-0.4, -0.2) is 31.4 Å². The van der Waals surface area contributed by atoms with Gasteiger partial charge in [0.1, 0.15) is 6.61 Å². The minimum atomic E-state index is -0.554. The third kappa shape index (κ3) is 9.49. The molecule has 0 fully saturated rings. The Morgan fingerprint density at radius 2 is 2.08 bits per heavy atom. The summed E-state index contributed by atoms with van der Waals surface area (Å²) in [6, 6.07) is 0. The van der Waals surface area contributed by atoms with Crippen LogP contribution >= 0.6 is 0 Å². The molecule has 0 saturated carbocycles.